The first-order valence-corrected chi connectivity index (χ1v) is 8.79. The lowest BCUT2D eigenvalue weighted by atomic mass is 10.1. The predicted molar refractivity (Wildman–Crippen MR) is 97.3 cm³/mol. The summed E-state index contributed by atoms with van der Waals surface area (Å²) in [4.78, 5) is 18.5. The highest BCUT2D eigenvalue weighted by Gasteiger charge is 2.29. The molecule has 0 spiro atoms. The number of hydrogen-bond donors (Lipinski definition) is 1. The number of amides is 1. The van der Waals surface area contributed by atoms with E-state index in [1.165, 1.54) is 6.07 Å². The van der Waals surface area contributed by atoms with Crippen molar-refractivity contribution in [2.75, 3.05) is 18.4 Å². The highest BCUT2D eigenvalue weighted by Crippen LogP contribution is 2.26. The van der Waals surface area contributed by atoms with Crippen molar-refractivity contribution in [1.82, 2.24) is 19.5 Å². The van der Waals surface area contributed by atoms with Crippen molar-refractivity contribution in [1.29, 1.82) is 0 Å². The summed E-state index contributed by atoms with van der Waals surface area (Å²) in [6, 6.07) is 10.1. The van der Waals surface area contributed by atoms with Gasteiger partial charge in [0, 0.05) is 37.2 Å². The van der Waals surface area contributed by atoms with Crippen LogP contribution >= 0.6 is 0 Å². The van der Waals surface area contributed by atoms with Crippen LogP contribution in [0.3, 0.4) is 0 Å². The number of rotatable bonds is 5. The second kappa shape index (κ2) is 6.74. The molecule has 7 heteroatoms. The monoisotopic (exact) mass is 353 g/mol. The van der Waals surface area contributed by atoms with Crippen LogP contribution in [0.4, 0.5) is 10.2 Å². The fourth-order valence-corrected chi connectivity index (χ4v) is 3.39. The van der Waals surface area contributed by atoms with Crippen molar-refractivity contribution in [3.8, 4) is 11.3 Å². The lowest BCUT2D eigenvalue weighted by molar-refractivity contribution is -0.127. The van der Waals surface area contributed by atoms with Gasteiger partial charge in [0.15, 0.2) is 5.65 Å². The van der Waals surface area contributed by atoms with Crippen LogP contribution in [0.5, 0.6) is 0 Å². The molecule has 6 nitrogen and oxygen atoms in total. The van der Waals surface area contributed by atoms with Crippen LogP contribution in [0.25, 0.3) is 16.9 Å². The quantitative estimate of drug-likeness (QED) is 0.766. The van der Waals surface area contributed by atoms with E-state index in [4.69, 9.17) is 0 Å². The van der Waals surface area contributed by atoms with E-state index in [-0.39, 0.29) is 17.8 Å². The molecule has 26 heavy (non-hydrogen) atoms. The van der Waals surface area contributed by atoms with Crippen LogP contribution in [0.2, 0.25) is 0 Å². The van der Waals surface area contributed by atoms with Crippen molar-refractivity contribution < 1.29 is 9.18 Å². The maximum Gasteiger partial charge on any atom is 0.224 e. The van der Waals surface area contributed by atoms with Crippen LogP contribution in [-0.2, 0) is 4.79 Å². The fraction of sp³-hybridized carbons (Fsp3) is 0.316. The molecule has 1 atom stereocenters. The minimum Gasteiger partial charge on any atom is -0.365 e. The first kappa shape index (κ1) is 16.5. The molecule has 0 unspecified atom stereocenters. The molecule has 3 aromatic rings. The van der Waals surface area contributed by atoms with Gasteiger partial charge in [0.05, 0.1) is 17.9 Å². The topological polar surface area (TPSA) is 62.5 Å². The molecule has 2 aromatic heterocycles. The number of fused-ring (bicyclic) bond motifs is 1. The van der Waals surface area contributed by atoms with Crippen LogP contribution < -0.4 is 5.32 Å². The molecule has 1 saturated heterocycles. The van der Waals surface area contributed by atoms with Gasteiger partial charge in [-0.05, 0) is 18.6 Å². The Morgan fingerprint density at radius 1 is 1.31 bits per heavy atom. The number of anilines is 1. The number of halogens is 1. The Labute approximate surface area is 150 Å². The van der Waals surface area contributed by atoms with Gasteiger partial charge in [0.2, 0.25) is 5.91 Å². The lowest BCUT2D eigenvalue weighted by Crippen LogP contribution is -2.29. The number of carbonyl (C=O) groups is 1. The Morgan fingerprint density at radius 3 is 2.96 bits per heavy atom. The summed E-state index contributed by atoms with van der Waals surface area (Å²) in [5.41, 5.74) is 1.60. The van der Waals surface area contributed by atoms with Gasteiger partial charge in [-0.25, -0.2) is 9.37 Å². The Bertz CT molecular complexity index is 954. The molecular formula is C19H20FN5O. The minimum atomic E-state index is -0.319. The van der Waals surface area contributed by atoms with Crippen molar-refractivity contribution in [3.05, 3.63) is 48.4 Å². The van der Waals surface area contributed by atoms with Gasteiger partial charge in [-0.3, -0.25) is 4.79 Å². The SMILES string of the molecule is CCCN1C[C@@H](Nc2cc(-c3ccccc3F)nc3ccnn23)CC1=O. The Morgan fingerprint density at radius 2 is 2.15 bits per heavy atom. The van der Waals surface area contributed by atoms with Gasteiger partial charge in [0.1, 0.15) is 11.6 Å². The van der Waals surface area contributed by atoms with Gasteiger partial charge in [0.25, 0.3) is 0 Å². The molecule has 0 bridgehead atoms. The van der Waals surface area contributed by atoms with Crippen LogP contribution in [0, 0.1) is 5.82 Å². The second-order valence-corrected chi connectivity index (χ2v) is 6.49. The van der Waals surface area contributed by atoms with Crippen LogP contribution in [0.15, 0.2) is 42.6 Å². The molecule has 1 amide bonds. The largest absolute Gasteiger partial charge is 0.365 e. The number of hydrogen-bond acceptors (Lipinski definition) is 4. The van der Waals surface area contributed by atoms with Gasteiger partial charge in [-0.1, -0.05) is 19.1 Å². The summed E-state index contributed by atoms with van der Waals surface area (Å²) in [5.74, 6) is 0.541. The van der Waals surface area contributed by atoms with E-state index in [2.05, 4.69) is 22.3 Å². The third-order valence-corrected chi connectivity index (χ3v) is 4.57. The Balaban J connectivity index is 1.68. The standard InChI is InChI=1S/C19H20FN5O/c1-2-9-24-12-13(10-19(24)26)22-18-11-16(14-5-3-4-6-15(14)20)23-17-7-8-21-25(17)18/h3-8,11,13,22H,2,9-10,12H2,1H3/t13-/m0/s1. The summed E-state index contributed by atoms with van der Waals surface area (Å²) < 4.78 is 15.9. The summed E-state index contributed by atoms with van der Waals surface area (Å²) >= 11 is 0. The molecule has 1 aromatic carbocycles. The molecule has 134 valence electrons. The van der Waals surface area contributed by atoms with E-state index in [1.807, 2.05) is 4.90 Å². The van der Waals surface area contributed by atoms with E-state index >= 15 is 0 Å². The van der Waals surface area contributed by atoms with Gasteiger partial charge < -0.3 is 10.2 Å². The normalized spacial score (nSPS) is 17.2. The van der Waals surface area contributed by atoms with E-state index in [0.29, 0.717) is 35.7 Å². The number of aromatic nitrogens is 3. The van der Waals surface area contributed by atoms with Crippen molar-refractivity contribution in [2.45, 2.75) is 25.8 Å². The van der Waals surface area contributed by atoms with Gasteiger partial charge in [-0.2, -0.15) is 9.61 Å². The van der Waals surface area contributed by atoms with Gasteiger partial charge in [-0.15, -0.1) is 0 Å². The number of benzene rings is 1. The van der Waals surface area contributed by atoms with E-state index in [1.54, 1.807) is 41.0 Å². The third-order valence-electron chi connectivity index (χ3n) is 4.57. The Kier molecular flexibility index (Phi) is 4.28. The average Bonchev–Trinajstić information content (AvgIpc) is 3.22. The van der Waals surface area contributed by atoms with Crippen molar-refractivity contribution in [2.24, 2.45) is 0 Å². The summed E-state index contributed by atoms with van der Waals surface area (Å²) in [6.07, 6.45) is 3.04. The highest BCUT2D eigenvalue weighted by atomic mass is 19.1. The number of carbonyl (C=O) groups excluding carboxylic acids is 1. The molecule has 0 aliphatic carbocycles. The van der Waals surface area contributed by atoms with Gasteiger partial charge >= 0.3 is 0 Å². The number of nitrogens with one attached hydrogen (secondary N) is 1. The molecule has 4 rings (SSSR count). The summed E-state index contributed by atoms with van der Waals surface area (Å²) in [5, 5.41) is 7.69. The molecule has 1 fully saturated rings. The molecule has 3 heterocycles. The molecule has 0 radical (unpaired) electrons. The maximum atomic E-state index is 14.2. The smallest absolute Gasteiger partial charge is 0.224 e. The zero-order valence-electron chi connectivity index (χ0n) is 14.5. The zero-order chi connectivity index (χ0) is 18.1. The average molecular weight is 353 g/mol. The molecule has 1 aliphatic rings. The number of likely N-dealkylation sites (tertiary alicyclic amines) is 1. The molecular weight excluding hydrogens is 333 g/mol. The zero-order valence-corrected chi connectivity index (χ0v) is 14.5. The minimum absolute atomic E-state index is 0.00248. The molecule has 1 aliphatic heterocycles. The fourth-order valence-electron chi connectivity index (χ4n) is 3.39. The predicted octanol–water partition coefficient (Wildman–Crippen LogP) is 2.96. The second-order valence-electron chi connectivity index (χ2n) is 6.49. The van der Waals surface area contributed by atoms with E-state index < -0.39 is 0 Å². The maximum absolute atomic E-state index is 14.2. The van der Waals surface area contributed by atoms with E-state index in [9.17, 15) is 9.18 Å². The van der Waals surface area contributed by atoms with Crippen LogP contribution in [0.1, 0.15) is 19.8 Å². The summed E-state index contributed by atoms with van der Waals surface area (Å²) in [7, 11) is 0. The number of nitrogens with zero attached hydrogens (tertiary/aromatic N) is 4. The van der Waals surface area contributed by atoms with E-state index in [0.717, 1.165) is 13.0 Å². The van der Waals surface area contributed by atoms with Crippen molar-refractivity contribution in [3.63, 3.8) is 0 Å². The molecule has 0 saturated carbocycles. The Hall–Kier alpha value is -2.96. The third kappa shape index (κ3) is 3.00. The van der Waals surface area contributed by atoms with Crippen LogP contribution in [-0.4, -0.2) is 44.5 Å². The molecule has 1 N–H and O–H groups in total. The highest BCUT2D eigenvalue weighted by molar-refractivity contribution is 5.80. The van der Waals surface area contributed by atoms with Crippen molar-refractivity contribution >= 4 is 17.4 Å². The first-order chi connectivity index (χ1) is 12.7. The summed E-state index contributed by atoms with van der Waals surface area (Å²) in [6.45, 7) is 3.49. The lowest BCUT2D eigenvalue weighted by Gasteiger charge is -2.17. The first-order valence-electron chi connectivity index (χ1n) is 8.79.